The summed E-state index contributed by atoms with van der Waals surface area (Å²) in [6.45, 7) is 0. The van der Waals surface area contributed by atoms with Gasteiger partial charge in [-0.3, -0.25) is 4.90 Å². The number of rotatable bonds is 4. The van der Waals surface area contributed by atoms with Crippen LogP contribution in [0.15, 0.2) is 79.1 Å². The van der Waals surface area contributed by atoms with Crippen LogP contribution < -0.4 is 0 Å². The Labute approximate surface area is 165 Å². The molecule has 2 bridgehead atoms. The third kappa shape index (κ3) is 3.03. The second-order valence-corrected chi connectivity index (χ2v) is 8.07. The highest BCUT2D eigenvalue weighted by Gasteiger charge is 2.51. The monoisotopic (exact) mass is 371 g/mol. The zero-order chi connectivity index (χ0) is 19.0. The van der Waals surface area contributed by atoms with Gasteiger partial charge in [-0.15, -0.1) is 0 Å². The third-order valence-electron chi connectivity index (χ3n) is 6.33. The van der Waals surface area contributed by atoms with Crippen molar-refractivity contribution in [2.24, 2.45) is 0 Å². The van der Waals surface area contributed by atoms with Gasteiger partial charge in [-0.1, -0.05) is 60.7 Å². The summed E-state index contributed by atoms with van der Waals surface area (Å²) in [4.78, 5) is 11.4. The van der Waals surface area contributed by atoms with Crippen molar-refractivity contribution in [2.45, 2.75) is 49.4 Å². The van der Waals surface area contributed by atoms with E-state index in [1.807, 2.05) is 0 Å². The molecule has 2 fully saturated rings. The molecular weight excluding hydrogens is 346 g/mol. The first kappa shape index (κ1) is 17.5. The molecule has 3 aromatic rings. The average Bonchev–Trinajstić information content (AvgIpc) is 3.01. The van der Waals surface area contributed by atoms with Crippen LogP contribution in [-0.4, -0.2) is 32.1 Å². The molecule has 28 heavy (non-hydrogen) atoms. The molecule has 5 rings (SSSR count). The molecule has 2 saturated heterocycles. The molecule has 1 aromatic heterocycles. The summed E-state index contributed by atoms with van der Waals surface area (Å²) in [5, 5.41) is 11.4. The summed E-state index contributed by atoms with van der Waals surface area (Å²) < 4.78 is 0. The normalized spacial score (nSPS) is 27.2. The second kappa shape index (κ2) is 7.12. The number of benzene rings is 2. The van der Waals surface area contributed by atoms with E-state index in [9.17, 15) is 5.11 Å². The lowest BCUT2D eigenvalue weighted by atomic mass is 9.82. The van der Waals surface area contributed by atoms with Crippen molar-refractivity contribution in [2.75, 3.05) is 0 Å². The maximum Gasteiger partial charge on any atom is 0.160 e. The number of piperidine rings is 1. The molecule has 0 saturated carbocycles. The van der Waals surface area contributed by atoms with E-state index in [0.29, 0.717) is 30.7 Å². The van der Waals surface area contributed by atoms with Gasteiger partial charge in [0.15, 0.2) is 5.82 Å². The Morgan fingerprint density at radius 2 is 1.29 bits per heavy atom. The van der Waals surface area contributed by atoms with Gasteiger partial charge in [-0.2, -0.15) is 0 Å². The van der Waals surface area contributed by atoms with Crippen LogP contribution >= 0.6 is 0 Å². The minimum Gasteiger partial charge on any atom is -0.382 e. The lowest BCUT2D eigenvalue weighted by Crippen LogP contribution is -2.51. The van der Waals surface area contributed by atoms with E-state index in [1.54, 1.807) is 18.5 Å². The molecule has 0 radical (unpaired) electrons. The van der Waals surface area contributed by atoms with Crippen LogP contribution in [-0.2, 0) is 5.60 Å². The Balaban J connectivity index is 1.52. The zero-order valence-corrected chi connectivity index (χ0v) is 15.9. The quantitative estimate of drug-likeness (QED) is 0.751. The Hall–Kier alpha value is -2.56. The maximum absolute atomic E-state index is 11.4. The van der Waals surface area contributed by atoms with E-state index in [4.69, 9.17) is 0 Å². The van der Waals surface area contributed by atoms with E-state index in [-0.39, 0.29) is 6.04 Å². The number of nitrogens with zero attached hydrogens (tertiary/aromatic N) is 3. The van der Waals surface area contributed by atoms with Crippen molar-refractivity contribution in [1.29, 1.82) is 0 Å². The first-order valence-electron chi connectivity index (χ1n) is 10.1. The van der Waals surface area contributed by atoms with Gasteiger partial charge in [-0.05, 0) is 42.9 Å². The van der Waals surface area contributed by atoms with Crippen LogP contribution in [0.25, 0.3) is 0 Å². The molecule has 1 N–H and O–H groups in total. The number of hydrogen-bond acceptors (Lipinski definition) is 4. The van der Waals surface area contributed by atoms with Crippen molar-refractivity contribution in [3.63, 3.8) is 0 Å². The average molecular weight is 371 g/mol. The van der Waals surface area contributed by atoms with Gasteiger partial charge in [0.25, 0.3) is 0 Å². The van der Waals surface area contributed by atoms with Crippen LogP contribution in [0, 0.1) is 0 Å². The number of aliphatic hydroxyl groups is 1. The van der Waals surface area contributed by atoms with Gasteiger partial charge < -0.3 is 5.11 Å². The smallest absolute Gasteiger partial charge is 0.160 e. The molecular formula is C24H25N3O. The maximum atomic E-state index is 11.4. The molecule has 2 aromatic carbocycles. The van der Waals surface area contributed by atoms with E-state index in [0.717, 1.165) is 12.8 Å². The summed E-state index contributed by atoms with van der Waals surface area (Å²) >= 11 is 0. The topological polar surface area (TPSA) is 49.3 Å². The van der Waals surface area contributed by atoms with Gasteiger partial charge in [-0.25, -0.2) is 9.97 Å². The number of aromatic nitrogens is 2. The number of hydrogen-bond donors (Lipinski definition) is 1. The Morgan fingerprint density at radius 3 is 1.79 bits per heavy atom. The second-order valence-electron chi connectivity index (χ2n) is 8.07. The summed E-state index contributed by atoms with van der Waals surface area (Å²) in [6, 6.07) is 24.1. The summed E-state index contributed by atoms with van der Waals surface area (Å²) in [5.41, 5.74) is 1.70. The van der Waals surface area contributed by atoms with Crippen molar-refractivity contribution < 1.29 is 5.11 Å². The van der Waals surface area contributed by atoms with Gasteiger partial charge >= 0.3 is 0 Å². The highest BCUT2D eigenvalue weighted by atomic mass is 16.3. The summed E-state index contributed by atoms with van der Waals surface area (Å²) in [6.07, 6.45) is 7.04. The number of fused-ring (bicyclic) bond motifs is 2. The summed E-state index contributed by atoms with van der Waals surface area (Å²) in [7, 11) is 0. The van der Waals surface area contributed by atoms with Gasteiger partial charge in [0.2, 0.25) is 0 Å². The minimum atomic E-state index is -0.929. The Kier molecular flexibility index (Phi) is 4.46. The van der Waals surface area contributed by atoms with Crippen LogP contribution in [0.2, 0.25) is 0 Å². The fourth-order valence-corrected chi connectivity index (χ4v) is 5.21. The van der Waals surface area contributed by atoms with Crippen molar-refractivity contribution >= 4 is 0 Å². The van der Waals surface area contributed by atoms with Crippen molar-refractivity contribution in [3.8, 4) is 0 Å². The lowest BCUT2D eigenvalue weighted by Gasteiger charge is -2.46. The molecule has 0 aliphatic carbocycles. The molecule has 0 spiro atoms. The van der Waals surface area contributed by atoms with Crippen LogP contribution in [0.3, 0.4) is 0 Å². The van der Waals surface area contributed by atoms with E-state index in [1.165, 1.54) is 11.1 Å². The zero-order valence-electron chi connectivity index (χ0n) is 15.9. The third-order valence-corrected chi connectivity index (χ3v) is 6.33. The van der Waals surface area contributed by atoms with Crippen LogP contribution in [0.1, 0.15) is 48.7 Å². The van der Waals surface area contributed by atoms with E-state index in [2.05, 4.69) is 75.5 Å². The molecule has 2 unspecified atom stereocenters. The molecule has 4 heteroatoms. The summed E-state index contributed by atoms with van der Waals surface area (Å²) in [5.74, 6) is 0.572. The Morgan fingerprint density at radius 1 is 0.786 bits per heavy atom. The van der Waals surface area contributed by atoms with Crippen molar-refractivity contribution in [1.82, 2.24) is 14.9 Å². The lowest BCUT2D eigenvalue weighted by molar-refractivity contribution is -0.0713. The highest BCUT2D eigenvalue weighted by molar-refractivity contribution is 5.33. The fourth-order valence-electron chi connectivity index (χ4n) is 5.21. The first-order valence-corrected chi connectivity index (χ1v) is 10.1. The van der Waals surface area contributed by atoms with E-state index < -0.39 is 5.60 Å². The van der Waals surface area contributed by atoms with Gasteiger partial charge in [0.05, 0.1) is 6.04 Å². The van der Waals surface area contributed by atoms with Crippen LogP contribution in [0.4, 0.5) is 0 Å². The fraction of sp³-hybridized carbons (Fsp3) is 0.333. The predicted molar refractivity (Wildman–Crippen MR) is 109 cm³/mol. The minimum absolute atomic E-state index is 0.209. The predicted octanol–water partition coefficient (Wildman–Crippen LogP) is 4.08. The van der Waals surface area contributed by atoms with Gasteiger partial charge in [0, 0.05) is 24.5 Å². The standard InChI is InChI=1S/C24H25N3O/c28-24(23-25-14-7-15-26-23)16-20-12-13-21(17-24)27(20)22(18-8-3-1-4-9-18)19-10-5-2-6-11-19/h1-11,14-15,20-22,28H,12-13,16-17H2. The molecule has 4 nitrogen and oxygen atoms in total. The molecule has 2 atom stereocenters. The van der Waals surface area contributed by atoms with Crippen molar-refractivity contribution in [3.05, 3.63) is 96.1 Å². The Bertz CT molecular complexity index is 863. The molecule has 2 aliphatic rings. The van der Waals surface area contributed by atoms with Gasteiger partial charge in [0.1, 0.15) is 5.60 Å². The largest absolute Gasteiger partial charge is 0.382 e. The molecule has 3 heterocycles. The van der Waals surface area contributed by atoms with Crippen LogP contribution in [0.5, 0.6) is 0 Å². The SMILES string of the molecule is OC1(c2ncccn2)CC2CCC(C1)N2C(c1ccccc1)c1ccccc1. The molecule has 0 amide bonds. The molecule has 142 valence electrons. The highest BCUT2D eigenvalue weighted by Crippen LogP contribution is 2.49. The van der Waals surface area contributed by atoms with E-state index >= 15 is 0 Å². The molecule has 2 aliphatic heterocycles. The first-order chi connectivity index (χ1) is 13.7.